The van der Waals surface area contributed by atoms with Crippen molar-refractivity contribution < 1.29 is 0 Å². The lowest BCUT2D eigenvalue weighted by molar-refractivity contribution is 0.395. The second-order valence-electron chi connectivity index (χ2n) is 3.92. The lowest BCUT2D eigenvalue weighted by Gasteiger charge is -2.23. The van der Waals surface area contributed by atoms with Crippen LogP contribution in [0.15, 0.2) is 17.1 Å². The number of rotatable bonds is 1. The highest BCUT2D eigenvalue weighted by molar-refractivity contribution is 6.33. The first kappa shape index (κ1) is 8.97. The van der Waals surface area contributed by atoms with Gasteiger partial charge in [-0.15, -0.1) is 0 Å². The molecule has 0 aromatic carbocycles. The van der Waals surface area contributed by atoms with Crippen molar-refractivity contribution in [1.29, 1.82) is 0 Å². The zero-order valence-electron chi connectivity index (χ0n) is 8.03. The van der Waals surface area contributed by atoms with E-state index in [1.807, 2.05) is 0 Å². The number of nitrogens with zero attached hydrogens (tertiary/aromatic N) is 2. The molecule has 2 aromatic heterocycles. The zero-order valence-corrected chi connectivity index (χ0v) is 8.79. The van der Waals surface area contributed by atoms with Crippen molar-refractivity contribution in [3.8, 4) is 0 Å². The number of hydrogen-bond acceptors (Lipinski definition) is 2. The number of fused-ring (bicyclic) bond motifs is 1. The monoisotopic (exact) mass is 223 g/mol. The van der Waals surface area contributed by atoms with Gasteiger partial charge in [-0.1, -0.05) is 18.0 Å². The topological polar surface area (TPSA) is 50.2 Å². The molecule has 0 unspecified atom stereocenters. The Labute approximate surface area is 90.9 Å². The third-order valence-electron chi connectivity index (χ3n) is 2.98. The molecular formula is C10H10ClN3O. The molecule has 3 rings (SSSR count). The summed E-state index contributed by atoms with van der Waals surface area (Å²) in [5, 5.41) is 4.80. The number of aromatic nitrogens is 3. The van der Waals surface area contributed by atoms with Crippen LogP contribution in [0.3, 0.4) is 0 Å². The Morgan fingerprint density at radius 2 is 2.33 bits per heavy atom. The minimum Gasteiger partial charge on any atom is -0.307 e. The van der Waals surface area contributed by atoms with E-state index < -0.39 is 0 Å². The molecule has 4 nitrogen and oxygen atoms in total. The van der Waals surface area contributed by atoms with E-state index in [1.54, 1.807) is 16.8 Å². The molecule has 1 aliphatic carbocycles. The summed E-state index contributed by atoms with van der Waals surface area (Å²) >= 11 is 5.88. The Morgan fingerprint density at radius 1 is 1.53 bits per heavy atom. The Bertz CT molecular complexity index is 568. The molecule has 1 saturated carbocycles. The summed E-state index contributed by atoms with van der Waals surface area (Å²) in [6.07, 6.45) is 5.17. The summed E-state index contributed by atoms with van der Waals surface area (Å²) in [6.45, 7) is 0. The summed E-state index contributed by atoms with van der Waals surface area (Å²) in [5.41, 5.74) is 0.279. The zero-order chi connectivity index (χ0) is 10.4. The molecule has 5 heteroatoms. The Balaban J connectivity index is 2.23. The van der Waals surface area contributed by atoms with Crippen LogP contribution in [0.4, 0.5) is 0 Å². The molecule has 1 fully saturated rings. The lowest BCUT2D eigenvalue weighted by atomic mass is 9.85. The number of halogens is 1. The van der Waals surface area contributed by atoms with E-state index in [2.05, 4.69) is 10.1 Å². The second kappa shape index (κ2) is 3.10. The highest BCUT2D eigenvalue weighted by Gasteiger charge is 2.23. The minimum atomic E-state index is -0.151. The number of hydrogen-bond donors (Lipinski definition) is 1. The molecule has 0 radical (unpaired) electrons. The van der Waals surface area contributed by atoms with E-state index in [-0.39, 0.29) is 5.56 Å². The van der Waals surface area contributed by atoms with Gasteiger partial charge in [0, 0.05) is 12.1 Å². The standard InChI is InChI=1S/C10H10ClN3O/c11-7-4-5-14-8(7)10(15)12-9(13-14)6-2-1-3-6/h4-6H,1-3H2,(H,12,13,15). The highest BCUT2D eigenvalue weighted by atomic mass is 35.5. The third-order valence-corrected chi connectivity index (χ3v) is 3.29. The summed E-state index contributed by atoms with van der Waals surface area (Å²) in [5.74, 6) is 1.20. The Morgan fingerprint density at radius 3 is 3.00 bits per heavy atom. The van der Waals surface area contributed by atoms with Crippen molar-refractivity contribution in [2.75, 3.05) is 0 Å². The van der Waals surface area contributed by atoms with Gasteiger partial charge in [-0.2, -0.15) is 5.10 Å². The molecule has 0 atom stereocenters. The van der Waals surface area contributed by atoms with Crippen molar-refractivity contribution in [2.45, 2.75) is 25.2 Å². The Hall–Kier alpha value is -1.29. The molecule has 0 spiro atoms. The maximum atomic E-state index is 11.7. The first-order valence-electron chi connectivity index (χ1n) is 5.03. The molecule has 2 heterocycles. The van der Waals surface area contributed by atoms with Crippen molar-refractivity contribution in [2.24, 2.45) is 0 Å². The van der Waals surface area contributed by atoms with Crippen LogP contribution in [0.1, 0.15) is 31.0 Å². The summed E-state index contributed by atoms with van der Waals surface area (Å²) in [7, 11) is 0. The van der Waals surface area contributed by atoms with E-state index in [9.17, 15) is 4.79 Å². The highest BCUT2D eigenvalue weighted by Crippen LogP contribution is 2.33. The Kier molecular flexibility index (Phi) is 1.85. The van der Waals surface area contributed by atoms with Crippen LogP contribution in [-0.2, 0) is 0 Å². The number of nitrogens with one attached hydrogen (secondary N) is 1. The van der Waals surface area contributed by atoms with Crippen molar-refractivity contribution in [1.82, 2.24) is 14.6 Å². The lowest BCUT2D eigenvalue weighted by Crippen LogP contribution is -2.21. The van der Waals surface area contributed by atoms with Gasteiger partial charge in [-0.05, 0) is 18.9 Å². The molecule has 1 aliphatic rings. The quantitative estimate of drug-likeness (QED) is 0.803. The van der Waals surface area contributed by atoms with Crippen molar-refractivity contribution >= 4 is 17.1 Å². The SMILES string of the molecule is O=c1[nH]c(C2CCC2)nn2ccc(Cl)c12. The fraction of sp³-hybridized carbons (Fsp3) is 0.400. The summed E-state index contributed by atoms with van der Waals surface area (Å²) in [4.78, 5) is 14.5. The largest absolute Gasteiger partial charge is 0.307 e. The summed E-state index contributed by atoms with van der Waals surface area (Å²) in [6, 6.07) is 1.68. The third kappa shape index (κ3) is 1.28. The fourth-order valence-corrected chi connectivity index (χ4v) is 2.11. The molecular weight excluding hydrogens is 214 g/mol. The predicted octanol–water partition coefficient (Wildman–Crippen LogP) is 1.94. The first-order valence-corrected chi connectivity index (χ1v) is 5.40. The first-order chi connectivity index (χ1) is 7.25. The fourth-order valence-electron chi connectivity index (χ4n) is 1.88. The van der Waals surface area contributed by atoms with Gasteiger partial charge >= 0.3 is 0 Å². The van der Waals surface area contributed by atoms with Crippen molar-refractivity contribution in [3.05, 3.63) is 33.5 Å². The van der Waals surface area contributed by atoms with E-state index in [1.165, 1.54) is 6.42 Å². The maximum Gasteiger partial charge on any atom is 0.276 e. The van der Waals surface area contributed by atoms with E-state index >= 15 is 0 Å². The van der Waals surface area contributed by atoms with Crippen LogP contribution in [-0.4, -0.2) is 14.6 Å². The van der Waals surface area contributed by atoms with Crippen LogP contribution in [0.2, 0.25) is 5.02 Å². The smallest absolute Gasteiger partial charge is 0.276 e. The van der Waals surface area contributed by atoms with Crippen LogP contribution in [0.25, 0.3) is 5.52 Å². The van der Waals surface area contributed by atoms with Gasteiger partial charge in [0.05, 0.1) is 5.02 Å². The molecule has 0 aliphatic heterocycles. The normalized spacial score (nSPS) is 16.9. The van der Waals surface area contributed by atoms with Crippen LogP contribution in [0.5, 0.6) is 0 Å². The van der Waals surface area contributed by atoms with Crippen LogP contribution in [0, 0.1) is 0 Å². The van der Waals surface area contributed by atoms with Gasteiger partial charge in [-0.3, -0.25) is 4.79 Å². The van der Waals surface area contributed by atoms with Gasteiger partial charge in [0.25, 0.3) is 5.56 Å². The average molecular weight is 224 g/mol. The molecule has 1 N–H and O–H groups in total. The number of H-pyrrole nitrogens is 1. The second-order valence-corrected chi connectivity index (χ2v) is 4.33. The van der Waals surface area contributed by atoms with Crippen LogP contribution < -0.4 is 5.56 Å². The van der Waals surface area contributed by atoms with E-state index in [4.69, 9.17) is 11.6 Å². The predicted molar refractivity (Wildman–Crippen MR) is 57.4 cm³/mol. The van der Waals surface area contributed by atoms with E-state index in [0.717, 1.165) is 18.7 Å². The summed E-state index contributed by atoms with van der Waals surface area (Å²) < 4.78 is 1.56. The van der Waals surface area contributed by atoms with Gasteiger partial charge < -0.3 is 4.98 Å². The molecule has 2 aromatic rings. The maximum absolute atomic E-state index is 11.7. The van der Waals surface area contributed by atoms with E-state index in [0.29, 0.717) is 16.5 Å². The molecule has 0 saturated heterocycles. The minimum absolute atomic E-state index is 0.151. The molecule has 0 amide bonds. The van der Waals surface area contributed by atoms with Gasteiger partial charge in [-0.25, -0.2) is 4.52 Å². The number of aromatic amines is 1. The van der Waals surface area contributed by atoms with Crippen molar-refractivity contribution in [3.63, 3.8) is 0 Å². The average Bonchev–Trinajstić information content (AvgIpc) is 2.44. The molecule has 78 valence electrons. The van der Waals surface area contributed by atoms with Crippen LogP contribution >= 0.6 is 11.6 Å². The van der Waals surface area contributed by atoms with Gasteiger partial charge in [0.15, 0.2) is 0 Å². The molecule has 0 bridgehead atoms. The van der Waals surface area contributed by atoms with Gasteiger partial charge in [0.2, 0.25) is 0 Å². The van der Waals surface area contributed by atoms with Gasteiger partial charge in [0.1, 0.15) is 11.3 Å². The molecule has 15 heavy (non-hydrogen) atoms.